The fourth-order valence-electron chi connectivity index (χ4n) is 3.15. The number of aromatic amines is 1. The number of hydrogen-bond acceptors (Lipinski definition) is 4. The molecule has 2 unspecified atom stereocenters. The number of anilines is 1. The van der Waals surface area contributed by atoms with Crippen molar-refractivity contribution in [3.05, 3.63) is 22.6 Å². The summed E-state index contributed by atoms with van der Waals surface area (Å²) < 4.78 is 1.33. The van der Waals surface area contributed by atoms with E-state index in [0.717, 1.165) is 18.3 Å². The van der Waals surface area contributed by atoms with Gasteiger partial charge in [0.05, 0.1) is 0 Å². The molecule has 0 aromatic carbocycles. The Balaban J connectivity index is 1.81. The zero-order valence-electron chi connectivity index (χ0n) is 9.33. The second-order valence-electron chi connectivity index (χ2n) is 4.98. The Hall–Kier alpha value is -1.85. The van der Waals surface area contributed by atoms with E-state index in [1.165, 1.54) is 23.8 Å². The van der Waals surface area contributed by atoms with Crippen LogP contribution in [-0.2, 0) is 0 Å². The largest absolute Gasteiger partial charge is 0.364 e. The topological polar surface area (TPSA) is 66.3 Å². The highest BCUT2D eigenvalue weighted by atomic mass is 16.2. The Morgan fingerprint density at radius 3 is 3.06 bits per heavy atom. The first kappa shape index (κ1) is 9.21. The summed E-state index contributed by atoms with van der Waals surface area (Å²) >= 11 is 0. The van der Waals surface area contributed by atoms with Crippen LogP contribution in [0.4, 0.5) is 5.82 Å². The minimum atomic E-state index is -0.272. The Morgan fingerprint density at radius 1 is 1.35 bits per heavy atom. The van der Waals surface area contributed by atoms with Crippen LogP contribution in [0.3, 0.4) is 0 Å². The average molecular weight is 231 g/mol. The second-order valence-corrected chi connectivity index (χ2v) is 4.98. The molecule has 2 aromatic heterocycles. The number of aromatic nitrogens is 4. The Labute approximate surface area is 97.2 Å². The van der Waals surface area contributed by atoms with E-state index in [0.29, 0.717) is 11.7 Å². The van der Waals surface area contributed by atoms with E-state index >= 15 is 0 Å². The van der Waals surface area contributed by atoms with Crippen molar-refractivity contribution in [1.29, 1.82) is 0 Å². The third-order valence-electron chi connectivity index (χ3n) is 3.96. The van der Waals surface area contributed by atoms with Crippen molar-refractivity contribution in [1.82, 2.24) is 19.8 Å². The second kappa shape index (κ2) is 3.09. The smallest absolute Gasteiger partial charge is 0.352 e. The molecule has 0 radical (unpaired) electrons. The number of nitrogens with zero attached hydrogens (tertiary/aromatic N) is 4. The van der Waals surface area contributed by atoms with Crippen LogP contribution in [0.25, 0.3) is 5.65 Å². The number of hydrogen-bond donors (Lipinski definition) is 1. The molecule has 0 spiro atoms. The fourth-order valence-corrected chi connectivity index (χ4v) is 3.15. The molecule has 1 aliphatic heterocycles. The van der Waals surface area contributed by atoms with E-state index < -0.39 is 0 Å². The summed E-state index contributed by atoms with van der Waals surface area (Å²) in [5.74, 6) is 1.71. The molecule has 88 valence electrons. The number of fused-ring (bicyclic) bond motifs is 3. The van der Waals surface area contributed by atoms with Gasteiger partial charge in [-0.15, -0.1) is 5.10 Å². The summed E-state index contributed by atoms with van der Waals surface area (Å²) in [6, 6.07) is 4.41. The monoisotopic (exact) mass is 231 g/mol. The van der Waals surface area contributed by atoms with Gasteiger partial charge < -0.3 is 4.90 Å². The van der Waals surface area contributed by atoms with E-state index in [4.69, 9.17) is 0 Å². The third-order valence-corrected chi connectivity index (χ3v) is 3.96. The van der Waals surface area contributed by atoms with E-state index in [9.17, 15) is 4.79 Å². The molecule has 6 heteroatoms. The minimum absolute atomic E-state index is 0.272. The predicted octanol–water partition coefficient (Wildman–Crippen LogP) is 0.406. The SMILES string of the molecule is O=c1[nH]nc2ccc(N3CC4CCC3C4)nn12. The molecule has 0 amide bonds. The van der Waals surface area contributed by atoms with Crippen LogP contribution < -0.4 is 10.6 Å². The maximum atomic E-state index is 11.5. The molecular weight excluding hydrogens is 218 g/mol. The molecule has 1 saturated heterocycles. The molecule has 2 aromatic rings. The molecule has 1 saturated carbocycles. The number of piperidine rings is 1. The van der Waals surface area contributed by atoms with Gasteiger partial charge in [-0.2, -0.15) is 9.61 Å². The summed E-state index contributed by atoms with van der Waals surface area (Å²) in [4.78, 5) is 13.8. The van der Waals surface area contributed by atoms with Crippen LogP contribution >= 0.6 is 0 Å². The van der Waals surface area contributed by atoms with E-state index in [1.54, 1.807) is 0 Å². The average Bonchev–Trinajstić information content (AvgIpc) is 3.04. The Bertz CT molecular complexity index is 630. The third kappa shape index (κ3) is 1.23. The molecule has 6 nitrogen and oxygen atoms in total. The highest BCUT2D eigenvalue weighted by Gasteiger charge is 2.38. The molecule has 3 heterocycles. The van der Waals surface area contributed by atoms with Crippen LogP contribution in [0.1, 0.15) is 19.3 Å². The summed E-state index contributed by atoms with van der Waals surface area (Å²) in [7, 11) is 0. The van der Waals surface area contributed by atoms with Gasteiger partial charge in [0.2, 0.25) is 0 Å². The maximum Gasteiger partial charge on any atom is 0.364 e. The first-order valence-electron chi connectivity index (χ1n) is 6.02. The number of rotatable bonds is 1. The van der Waals surface area contributed by atoms with Crippen molar-refractivity contribution < 1.29 is 0 Å². The molecule has 4 rings (SSSR count). The summed E-state index contributed by atoms with van der Waals surface area (Å²) in [5, 5.41) is 10.7. The fraction of sp³-hybridized carbons (Fsp3) is 0.545. The zero-order valence-corrected chi connectivity index (χ0v) is 9.33. The summed E-state index contributed by atoms with van der Waals surface area (Å²) in [6.07, 6.45) is 3.87. The maximum absolute atomic E-state index is 11.5. The molecular formula is C11H13N5O. The van der Waals surface area contributed by atoms with Gasteiger partial charge in [0.1, 0.15) is 5.82 Å². The van der Waals surface area contributed by atoms with Gasteiger partial charge in [-0.25, -0.2) is 9.89 Å². The van der Waals surface area contributed by atoms with Gasteiger partial charge in [0.15, 0.2) is 5.65 Å². The Kier molecular flexibility index (Phi) is 1.67. The lowest BCUT2D eigenvalue weighted by Crippen LogP contribution is -2.33. The Morgan fingerprint density at radius 2 is 2.29 bits per heavy atom. The van der Waals surface area contributed by atoms with Gasteiger partial charge in [-0.1, -0.05) is 0 Å². The van der Waals surface area contributed by atoms with Crippen molar-refractivity contribution in [2.24, 2.45) is 5.92 Å². The molecule has 2 atom stereocenters. The predicted molar refractivity (Wildman–Crippen MR) is 62.1 cm³/mol. The lowest BCUT2D eigenvalue weighted by atomic mass is 10.1. The van der Waals surface area contributed by atoms with Crippen LogP contribution in [0.2, 0.25) is 0 Å². The van der Waals surface area contributed by atoms with Crippen LogP contribution in [0.5, 0.6) is 0 Å². The minimum Gasteiger partial charge on any atom is -0.352 e. The highest BCUT2D eigenvalue weighted by Crippen LogP contribution is 2.39. The highest BCUT2D eigenvalue weighted by molar-refractivity contribution is 5.47. The van der Waals surface area contributed by atoms with Crippen molar-refractivity contribution in [3.8, 4) is 0 Å². The van der Waals surface area contributed by atoms with Gasteiger partial charge in [0, 0.05) is 12.6 Å². The first-order chi connectivity index (χ1) is 8.31. The van der Waals surface area contributed by atoms with Crippen LogP contribution in [0.15, 0.2) is 16.9 Å². The van der Waals surface area contributed by atoms with Crippen molar-refractivity contribution >= 4 is 11.5 Å². The van der Waals surface area contributed by atoms with Gasteiger partial charge in [-0.05, 0) is 37.3 Å². The van der Waals surface area contributed by atoms with Gasteiger partial charge in [0.25, 0.3) is 0 Å². The van der Waals surface area contributed by atoms with Crippen LogP contribution in [-0.4, -0.2) is 32.4 Å². The normalized spacial score (nSPS) is 27.2. The lowest BCUT2D eigenvalue weighted by molar-refractivity contribution is 0.548. The van der Waals surface area contributed by atoms with E-state index in [1.807, 2.05) is 12.1 Å². The van der Waals surface area contributed by atoms with E-state index in [2.05, 4.69) is 20.2 Å². The standard InChI is InChI=1S/C11H13N5O/c17-11-13-12-9-3-4-10(14-16(9)11)15-6-7-1-2-8(15)5-7/h3-4,7-8H,1-2,5-6H2,(H,13,17). The van der Waals surface area contributed by atoms with Gasteiger partial charge >= 0.3 is 5.69 Å². The number of nitrogens with one attached hydrogen (secondary N) is 1. The number of H-pyrrole nitrogens is 1. The van der Waals surface area contributed by atoms with Gasteiger partial charge in [-0.3, -0.25) is 0 Å². The molecule has 1 aliphatic carbocycles. The van der Waals surface area contributed by atoms with Crippen LogP contribution in [0, 0.1) is 5.92 Å². The molecule has 1 N–H and O–H groups in total. The van der Waals surface area contributed by atoms with Crippen molar-refractivity contribution in [2.75, 3.05) is 11.4 Å². The molecule has 17 heavy (non-hydrogen) atoms. The summed E-state index contributed by atoms with van der Waals surface area (Å²) in [5.41, 5.74) is 0.300. The zero-order chi connectivity index (χ0) is 11.4. The lowest BCUT2D eigenvalue weighted by Gasteiger charge is -2.27. The van der Waals surface area contributed by atoms with Crippen molar-refractivity contribution in [2.45, 2.75) is 25.3 Å². The molecule has 2 aliphatic rings. The van der Waals surface area contributed by atoms with E-state index in [-0.39, 0.29) is 5.69 Å². The summed E-state index contributed by atoms with van der Waals surface area (Å²) in [6.45, 7) is 1.08. The molecule has 2 bridgehead atoms. The van der Waals surface area contributed by atoms with Crippen molar-refractivity contribution in [3.63, 3.8) is 0 Å². The first-order valence-corrected chi connectivity index (χ1v) is 6.02. The quantitative estimate of drug-likeness (QED) is 0.771. The molecule has 2 fully saturated rings.